The van der Waals surface area contributed by atoms with Crippen molar-refractivity contribution in [2.45, 2.75) is 52.2 Å². The zero-order valence-corrected chi connectivity index (χ0v) is 18.4. The van der Waals surface area contributed by atoms with E-state index in [1.54, 1.807) is 31.1 Å². The van der Waals surface area contributed by atoms with Crippen LogP contribution in [0, 0.1) is 0 Å². The van der Waals surface area contributed by atoms with Crippen LogP contribution < -0.4 is 10.1 Å². The summed E-state index contributed by atoms with van der Waals surface area (Å²) in [6.07, 6.45) is 0.170. The molecule has 0 radical (unpaired) electrons. The molecule has 1 atom stereocenters. The Hall–Kier alpha value is -2.53. The van der Waals surface area contributed by atoms with E-state index in [0.717, 1.165) is 16.9 Å². The molecular formula is C23H29ClN2O3. The van der Waals surface area contributed by atoms with E-state index in [-0.39, 0.29) is 23.8 Å². The molecule has 5 nitrogen and oxygen atoms in total. The first kappa shape index (κ1) is 22.8. The lowest BCUT2D eigenvalue weighted by atomic mass is 10.1. The van der Waals surface area contributed by atoms with Gasteiger partial charge in [-0.3, -0.25) is 9.59 Å². The monoisotopic (exact) mass is 416 g/mol. The Kier molecular flexibility index (Phi) is 7.68. The number of halogens is 1. The van der Waals surface area contributed by atoms with E-state index in [2.05, 4.69) is 5.32 Å². The lowest BCUT2D eigenvalue weighted by molar-refractivity contribution is -0.140. The van der Waals surface area contributed by atoms with Gasteiger partial charge < -0.3 is 15.0 Å². The van der Waals surface area contributed by atoms with Crippen LogP contribution in [0.4, 0.5) is 0 Å². The number of amides is 2. The predicted octanol–water partition coefficient (Wildman–Crippen LogP) is 4.22. The number of rotatable bonds is 7. The molecule has 0 saturated carbocycles. The average molecular weight is 417 g/mol. The second-order valence-corrected chi connectivity index (χ2v) is 8.53. The smallest absolute Gasteiger partial charge is 0.242 e. The predicted molar refractivity (Wildman–Crippen MR) is 116 cm³/mol. The number of benzene rings is 2. The standard InChI is InChI=1S/C23H29ClN2O3/c1-16(22(28)25-23(2,3)4)26(15-17-9-11-20(29-5)12-10-17)21(27)14-18-7-6-8-19(24)13-18/h6-13,16H,14-15H2,1-5H3,(H,25,28)/t16-/m0/s1. The van der Waals surface area contributed by atoms with Crippen LogP contribution in [0.5, 0.6) is 5.75 Å². The van der Waals surface area contributed by atoms with Gasteiger partial charge >= 0.3 is 0 Å². The largest absolute Gasteiger partial charge is 0.497 e. The van der Waals surface area contributed by atoms with Crippen LogP contribution >= 0.6 is 11.6 Å². The minimum absolute atomic E-state index is 0.139. The van der Waals surface area contributed by atoms with E-state index in [9.17, 15) is 9.59 Å². The third-order valence-electron chi connectivity index (χ3n) is 4.42. The van der Waals surface area contributed by atoms with E-state index in [4.69, 9.17) is 16.3 Å². The van der Waals surface area contributed by atoms with E-state index < -0.39 is 6.04 Å². The highest BCUT2D eigenvalue weighted by atomic mass is 35.5. The molecule has 2 amide bonds. The molecule has 0 heterocycles. The van der Waals surface area contributed by atoms with Gasteiger partial charge in [-0.2, -0.15) is 0 Å². The lowest BCUT2D eigenvalue weighted by Crippen LogP contribution is -2.52. The summed E-state index contributed by atoms with van der Waals surface area (Å²) in [4.78, 5) is 27.5. The van der Waals surface area contributed by atoms with Gasteiger partial charge in [-0.25, -0.2) is 0 Å². The fraction of sp³-hybridized carbons (Fsp3) is 0.391. The summed E-state index contributed by atoms with van der Waals surface area (Å²) in [5.41, 5.74) is 1.35. The van der Waals surface area contributed by atoms with Crippen LogP contribution in [0.2, 0.25) is 5.02 Å². The first-order chi connectivity index (χ1) is 13.6. The molecule has 2 aromatic carbocycles. The van der Waals surface area contributed by atoms with Crippen molar-refractivity contribution in [2.24, 2.45) is 0 Å². The molecule has 6 heteroatoms. The minimum Gasteiger partial charge on any atom is -0.497 e. The molecule has 156 valence electrons. The molecule has 0 aromatic heterocycles. The highest BCUT2D eigenvalue weighted by Crippen LogP contribution is 2.18. The van der Waals surface area contributed by atoms with E-state index in [1.165, 1.54) is 0 Å². The molecule has 0 fully saturated rings. The van der Waals surface area contributed by atoms with Crippen molar-refractivity contribution in [3.63, 3.8) is 0 Å². The highest BCUT2D eigenvalue weighted by molar-refractivity contribution is 6.30. The molecule has 0 bridgehead atoms. The van der Waals surface area contributed by atoms with Crippen molar-refractivity contribution in [3.05, 3.63) is 64.7 Å². The summed E-state index contributed by atoms with van der Waals surface area (Å²) in [6.45, 7) is 7.82. The number of nitrogens with zero attached hydrogens (tertiary/aromatic N) is 1. The summed E-state index contributed by atoms with van der Waals surface area (Å²) in [7, 11) is 1.61. The molecule has 0 spiro atoms. The van der Waals surface area contributed by atoms with Crippen molar-refractivity contribution in [1.82, 2.24) is 10.2 Å². The Morgan fingerprint density at radius 2 is 1.76 bits per heavy atom. The number of ether oxygens (including phenoxy) is 1. The molecular weight excluding hydrogens is 388 g/mol. The normalized spacial score (nSPS) is 12.2. The molecule has 0 aliphatic carbocycles. The van der Waals surface area contributed by atoms with Crippen LogP contribution in [-0.2, 0) is 22.6 Å². The molecule has 0 aliphatic rings. The number of carbonyl (C=O) groups is 2. The van der Waals surface area contributed by atoms with Crippen LogP contribution in [0.3, 0.4) is 0 Å². The van der Waals surface area contributed by atoms with Gasteiger partial charge in [-0.05, 0) is 63.1 Å². The lowest BCUT2D eigenvalue weighted by Gasteiger charge is -2.31. The third kappa shape index (κ3) is 7.09. The highest BCUT2D eigenvalue weighted by Gasteiger charge is 2.28. The van der Waals surface area contributed by atoms with E-state index in [1.807, 2.05) is 57.2 Å². The Morgan fingerprint density at radius 3 is 2.31 bits per heavy atom. The van der Waals surface area contributed by atoms with Crippen molar-refractivity contribution >= 4 is 23.4 Å². The van der Waals surface area contributed by atoms with Gasteiger partial charge in [0.15, 0.2) is 0 Å². The number of hydrogen-bond donors (Lipinski definition) is 1. The summed E-state index contributed by atoms with van der Waals surface area (Å²) < 4.78 is 5.20. The zero-order chi connectivity index (χ0) is 21.6. The van der Waals surface area contributed by atoms with Crippen molar-refractivity contribution in [1.29, 1.82) is 0 Å². The van der Waals surface area contributed by atoms with Gasteiger partial charge in [-0.1, -0.05) is 35.9 Å². The molecule has 2 aromatic rings. The fourth-order valence-corrected chi connectivity index (χ4v) is 3.12. The Balaban J connectivity index is 2.25. The van der Waals surface area contributed by atoms with E-state index >= 15 is 0 Å². The maximum absolute atomic E-state index is 13.1. The average Bonchev–Trinajstić information content (AvgIpc) is 2.64. The topological polar surface area (TPSA) is 58.6 Å². The van der Waals surface area contributed by atoms with Gasteiger partial charge in [0.05, 0.1) is 13.5 Å². The summed E-state index contributed by atoms with van der Waals surface area (Å²) in [5.74, 6) is 0.411. The Bertz CT molecular complexity index is 844. The first-order valence-electron chi connectivity index (χ1n) is 9.58. The van der Waals surface area contributed by atoms with Gasteiger partial charge in [0, 0.05) is 17.1 Å². The summed E-state index contributed by atoms with van der Waals surface area (Å²) >= 11 is 6.05. The van der Waals surface area contributed by atoms with Gasteiger partial charge in [-0.15, -0.1) is 0 Å². The number of methoxy groups -OCH3 is 1. The third-order valence-corrected chi connectivity index (χ3v) is 4.66. The molecule has 1 N–H and O–H groups in total. The summed E-state index contributed by atoms with van der Waals surface area (Å²) in [5, 5.41) is 3.54. The van der Waals surface area contributed by atoms with Crippen LogP contribution in [-0.4, -0.2) is 35.4 Å². The second kappa shape index (κ2) is 9.79. The van der Waals surface area contributed by atoms with Gasteiger partial charge in [0.1, 0.15) is 11.8 Å². The zero-order valence-electron chi connectivity index (χ0n) is 17.7. The number of hydrogen-bond acceptors (Lipinski definition) is 3. The second-order valence-electron chi connectivity index (χ2n) is 8.09. The molecule has 0 unspecified atom stereocenters. The molecule has 2 rings (SSSR count). The first-order valence-corrected chi connectivity index (χ1v) is 9.96. The van der Waals surface area contributed by atoms with Crippen molar-refractivity contribution < 1.29 is 14.3 Å². The van der Waals surface area contributed by atoms with Crippen molar-refractivity contribution in [3.8, 4) is 5.75 Å². The number of carbonyl (C=O) groups excluding carboxylic acids is 2. The maximum Gasteiger partial charge on any atom is 0.242 e. The van der Waals surface area contributed by atoms with Crippen LogP contribution in [0.1, 0.15) is 38.8 Å². The van der Waals surface area contributed by atoms with E-state index in [0.29, 0.717) is 11.6 Å². The summed E-state index contributed by atoms with van der Waals surface area (Å²) in [6, 6.07) is 14.1. The van der Waals surface area contributed by atoms with Crippen LogP contribution in [0.25, 0.3) is 0 Å². The SMILES string of the molecule is COc1ccc(CN(C(=O)Cc2cccc(Cl)c2)[C@@H](C)C(=O)NC(C)(C)C)cc1. The molecule has 0 aliphatic heterocycles. The Labute approximate surface area is 178 Å². The molecule has 29 heavy (non-hydrogen) atoms. The van der Waals surface area contributed by atoms with Gasteiger partial charge in [0.2, 0.25) is 11.8 Å². The molecule has 0 saturated heterocycles. The number of nitrogens with one attached hydrogen (secondary N) is 1. The quantitative estimate of drug-likeness (QED) is 0.735. The fourth-order valence-electron chi connectivity index (χ4n) is 2.91. The minimum atomic E-state index is -0.622. The maximum atomic E-state index is 13.1. The van der Waals surface area contributed by atoms with Crippen LogP contribution in [0.15, 0.2) is 48.5 Å². The van der Waals surface area contributed by atoms with Crippen molar-refractivity contribution in [2.75, 3.05) is 7.11 Å². The Morgan fingerprint density at radius 1 is 1.10 bits per heavy atom. The van der Waals surface area contributed by atoms with Gasteiger partial charge in [0.25, 0.3) is 0 Å².